The maximum atomic E-state index is 10.2. The van der Waals surface area contributed by atoms with Crippen LogP contribution in [0, 0.1) is 6.92 Å². The molecule has 0 saturated carbocycles. The maximum Gasteiger partial charge on any atom is 0.131 e. The topological polar surface area (TPSA) is 20.2 Å². The van der Waals surface area contributed by atoms with Gasteiger partial charge in [0, 0.05) is 10.8 Å². The molecule has 1 nitrogen and oxygen atoms in total. The van der Waals surface area contributed by atoms with Gasteiger partial charge in [0.25, 0.3) is 0 Å². The molecule has 0 aliphatic rings. The summed E-state index contributed by atoms with van der Waals surface area (Å²) in [6, 6.07) is 16.1. The van der Waals surface area contributed by atoms with Gasteiger partial charge in [-0.15, -0.1) is 0 Å². The molecule has 78 valence electrons. The molecule has 0 atom stereocenters. The average molecular weight is 208 g/mol. The van der Waals surface area contributed by atoms with Crippen LogP contribution in [-0.4, -0.2) is 5.11 Å². The van der Waals surface area contributed by atoms with Crippen LogP contribution in [0.5, 0.6) is 5.75 Å². The molecular formula is C15H12O. The van der Waals surface area contributed by atoms with Gasteiger partial charge in [-0.05, 0) is 29.3 Å². The van der Waals surface area contributed by atoms with Crippen molar-refractivity contribution in [1.82, 2.24) is 0 Å². The summed E-state index contributed by atoms with van der Waals surface area (Å²) in [5.41, 5.74) is 1.19. The third kappa shape index (κ3) is 1.18. The molecule has 0 radical (unpaired) electrons. The van der Waals surface area contributed by atoms with Crippen molar-refractivity contribution in [2.75, 3.05) is 0 Å². The summed E-state index contributed by atoms with van der Waals surface area (Å²) in [5.74, 6) is 0.386. The largest absolute Gasteiger partial charge is 0.507 e. The smallest absolute Gasteiger partial charge is 0.131 e. The first-order valence-electron chi connectivity index (χ1n) is 5.37. The zero-order chi connectivity index (χ0) is 11.1. The first-order valence-corrected chi connectivity index (χ1v) is 5.37. The van der Waals surface area contributed by atoms with E-state index >= 15 is 0 Å². The summed E-state index contributed by atoms with van der Waals surface area (Å²) in [6.07, 6.45) is 0. The number of aromatic hydroxyl groups is 1. The molecule has 0 fully saturated rings. The lowest BCUT2D eigenvalue weighted by atomic mass is 9.99. The standard InChI is InChI=1S/C15H12O/c1-10-5-4-8-13-14(10)9-11-6-2-3-7-12(11)15(13)16/h2-9,16H,1H3. The van der Waals surface area contributed by atoms with Crippen LogP contribution < -0.4 is 0 Å². The summed E-state index contributed by atoms with van der Waals surface area (Å²) in [5, 5.41) is 14.3. The van der Waals surface area contributed by atoms with Crippen molar-refractivity contribution in [3.63, 3.8) is 0 Å². The van der Waals surface area contributed by atoms with Gasteiger partial charge in [0.1, 0.15) is 5.75 Å². The van der Waals surface area contributed by atoms with E-state index < -0.39 is 0 Å². The molecule has 0 unspecified atom stereocenters. The first-order chi connectivity index (χ1) is 7.77. The normalized spacial score (nSPS) is 11.1. The van der Waals surface area contributed by atoms with Crippen molar-refractivity contribution >= 4 is 21.5 Å². The summed E-state index contributed by atoms with van der Waals surface area (Å²) in [7, 11) is 0. The van der Waals surface area contributed by atoms with Crippen LogP contribution in [0.4, 0.5) is 0 Å². The van der Waals surface area contributed by atoms with Gasteiger partial charge in [-0.3, -0.25) is 0 Å². The van der Waals surface area contributed by atoms with Crippen LogP contribution in [0.2, 0.25) is 0 Å². The summed E-state index contributed by atoms with van der Waals surface area (Å²) in [6.45, 7) is 2.07. The number of phenolic OH excluding ortho intramolecular Hbond substituents is 1. The van der Waals surface area contributed by atoms with E-state index in [4.69, 9.17) is 0 Å². The molecular weight excluding hydrogens is 196 g/mol. The van der Waals surface area contributed by atoms with Gasteiger partial charge in [0.05, 0.1) is 0 Å². The molecule has 3 aromatic carbocycles. The summed E-state index contributed by atoms with van der Waals surface area (Å²) >= 11 is 0. The van der Waals surface area contributed by atoms with Crippen molar-refractivity contribution in [3.8, 4) is 5.75 Å². The number of hydrogen-bond acceptors (Lipinski definition) is 1. The Labute approximate surface area is 94.0 Å². The van der Waals surface area contributed by atoms with Crippen LogP contribution in [-0.2, 0) is 0 Å². The Morgan fingerprint density at radius 3 is 2.44 bits per heavy atom. The highest BCUT2D eigenvalue weighted by molar-refractivity contribution is 6.05. The lowest BCUT2D eigenvalue weighted by molar-refractivity contribution is 0.488. The predicted octanol–water partition coefficient (Wildman–Crippen LogP) is 4.01. The second-order valence-corrected chi connectivity index (χ2v) is 4.12. The molecule has 0 spiro atoms. The van der Waals surface area contributed by atoms with Gasteiger partial charge >= 0.3 is 0 Å². The fourth-order valence-corrected chi connectivity index (χ4v) is 2.22. The highest BCUT2D eigenvalue weighted by Gasteiger charge is 2.06. The van der Waals surface area contributed by atoms with Crippen molar-refractivity contribution in [2.45, 2.75) is 6.92 Å². The second kappa shape index (κ2) is 3.24. The third-order valence-electron chi connectivity index (χ3n) is 3.09. The minimum Gasteiger partial charge on any atom is -0.507 e. The maximum absolute atomic E-state index is 10.2. The Balaban J connectivity index is 2.61. The molecule has 1 heteroatoms. The van der Waals surface area contributed by atoms with Crippen molar-refractivity contribution in [1.29, 1.82) is 0 Å². The second-order valence-electron chi connectivity index (χ2n) is 4.12. The fourth-order valence-electron chi connectivity index (χ4n) is 2.22. The lowest BCUT2D eigenvalue weighted by Crippen LogP contribution is -1.81. The van der Waals surface area contributed by atoms with Crippen LogP contribution >= 0.6 is 0 Å². The highest BCUT2D eigenvalue weighted by atomic mass is 16.3. The van der Waals surface area contributed by atoms with Gasteiger partial charge < -0.3 is 5.11 Å². The van der Waals surface area contributed by atoms with Crippen molar-refractivity contribution in [2.24, 2.45) is 0 Å². The van der Waals surface area contributed by atoms with Crippen LogP contribution in [0.1, 0.15) is 5.56 Å². The zero-order valence-corrected chi connectivity index (χ0v) is 9.07. The first kappa shape index (κ1) is 9.22. The zero-order valence-electron chi connectivity index (χ0n) is 9.07. The molecule has 0 heterocycles. The van der Waals surface area contributed by atoms with E-state index in [0.29, 0.717) is 5.75 Å². The fraction of sp³-hybridized carbons (Fsp3) is 0.0667. The van der Waals surface area contributed by atoms with Crippen molar-refractivity contribution < 1.29 is 5.11 Å². The number of rotatable bonds is 0. The van der Waals surface area contributed by atoms with Gasteiger partial charge in [-0.1, -0.05) is 42.5 Å². The molecule has 1 N–H and O–H groups in total. The van der Waals surface area contributed by atoms with Gasteiger partial charge in [0.15, 0.2) is 0 Å². The number of benzene rings is 3. The van der Waals surface area contributed by atoms with Gasteiger partial charge in [0.2, 0.25) is 0 Å². The Bertz CT molecular complexity index is 683. The molecule has 16 heavy (non-hydrogen) atoms. The minimum absolute atomic E-state index is 0.386. The van der Waals surface area contributed by atoms with E-state index in [0.717, 1.165) is 21.5 Å². The molecule has 0 aliphatic heterocycles. The molecule has 3 aromatic rings. The molecule has 0 amide bonds. The van der Waals surface area contributed by atoms with E-state index in [2.05, 4.69) is 19.1 Å². The van der Waals surface area contributed by atoms with E-state index in [1.165, 1.54) is 5.56 Å². The van der Waals surface area contributed by atoms with E-state index in [1.807, 2.05) is 36.4 Å². The minimum atomic E-state index is 0.386. The Morgan fingerprint density at radius 2 is 1.56 bits per heavy atom. The Hall–Kier alpha value is -2.02. The van der Waals surface area contributed by atoms with Gasteiger partial charge in [-0.2, -0.15) is 0 Å². The highest BCUT2D eigenvalue weighted by Crippen LogP contribution is 2.34. The molecule has 3 rings (SSSR count). The monoisotopic (exact) mass is 208 g/mol. The number of phenols is 1. The van der Waals surface area contributed by atoms with Gasteiger partial charge in [-0.25, -0.2) is 0 Å². The number of aryl methyl sites for hydroxylation is 1. The molecule has 0 aromatic heterocycles. The van der Waals surface area contributed by atoms with E-state index in [9.17, 15) is 5.11 Å². The average Bonchev–Trinajstić information content (AvgIpc) is 2.31. The predicted molar refractivity (Wildman–Crippen MR) is 67.9 cm³/mol. The van der Waals surface area contributed by atoms with Crippen molar-refractivity contribution in [3.05, 3.63) is 54.1 Å². The number of fused-ring (bicyclic) bond motifs is 2. The lowest BCUT2D eigenvalue weighted by Gasteiger charge is -2.07. The SMILES string of the molecule is Cc1cccc2c(O)c3ccccc3cc12. The molecule has 0 saturated heterocycles. The van der Waals surface area contributed by atoms with Crippen LogP contribution in [0.3, 0.4) is 0 Å². The van der Waals surface area contributed by atoms with E-state index in [1.54, 1.807) is 0 Å². The molecule has 0 aliphatic carbocycles. The summed E-state index contributed by atoms with van der Waals surface area (Å²) in [4.78, 5) is 0. The summed E-state index contributed by atoms with van der Waals surface area (Å²) < 4.78 is 0. The Kier molecular flexibility index (Phi) is 1.87. The third-order valence-corrected chi connectivity index (χ3v) is 3.09. The molecule has 0 bridgehead atoms. The number of hydrogen-bond donors (Lipinski definition) is 1. The van der Waals surface area contributed by atoms with E-state index in [-0.39, 0.29) is 0 Å². The Morgan fingerprint density at radius 1 is 0.812 bits per heavy atom. The van der Waals surface area contributed by atoms with Crippen LogP contribution in [0.25, 0.3) is 21.5 Å². The quantitative estimate of drug-likeness (QED) is 0.553. The van der Waals surface area contributed by atoms with Crippen LogP contribution in [0.15, 0.2) is 48.5 Å².